The largest absolute Gasteiger partial charge is 0.481 e. The van der Waals surface area contributed by atoms with Gasteiger partial charge in [0, 0.05) is 6.42 Å². The zero-order chi connectivity index (χ0) is 13.0. The van der Waals surface area contributed by atoms with Crippen molar-refractivity contribution in [2.24, 2.45) is 0 Å². The minimum atomic E-state index is -0.745. The molecular weight excluding hydrogens is 234 g/mol. The highest BCUT2D eigenvalue weighted by atomic mass is 16.4. The number of benzene rings is 1. The van der Waals surface area contributed by atoms with E-state index in [0.29, 0.717) is 17.5 Å². The Morgan fingerprint density at radius 2 is 2.11 bits per heavy atom. The van der Waals surface area contributed by atoms with E-state index in [1.165, 1.54) is 0 Å². The predicted octanol–water partition coefficient (Wildman–Crippen LogP) is 2.31. The smallest absolute Gasteiger partial charge is 0.417 e. The number of H-pyrrole nitrogens is 1. The minimum Gasteiger partial charge on any atom is -0.481 e. The second kappa shape index (κ2) is 5.53. The van der Waals surface area contributed by atoms with Gasteiger partial charge in [0.2, 0.25) is 0 Å². The van der Waals surface area contributed by atoms with E-state index in [9.17, 15) is 9.59 Å². The number of nitrogens with one attached hydrogen (secondary N) is 1. The Kier molecular flexibility index (Phi) is 3.82. The Morgan fingerprint density at radius 3 is 2.89 bits per heavy atom. The normalized spacial score (nSPS) is 10.9. The number of oxazole rings is 1. The van der Waals surface area contributed by atoms with Gasteiger partial charge in [-0.2, -0.15) is 0 Å². The number of carboxylic acids is 1. The van der Waals surface area contributed by atoms with Crippen molar-refractivity contribution in [1.82, 2.24) is 4.98 Å². The lowest BCUT2D eigenvalue weighted by Gasteiger charge is -2.00. The lowest BCUT2D eigenvalue weighted by molar-refractivity contribution is -0.137. The molecule has 0 unspecified atom stereocenters. The molecule has 2 rings (SSSR count). The molecule has 0 saturated carbocycles. The fourth-order valence-electron chi connectivity index (χ4n) is 1.93. The number of unbranched alkanes of at least 4 members (excludes halogenated alkanes) is 2. The number of aromatic nitrogens is 1. The van der Waals surface area contributed by atoms with E-state index in [4.69, 9.17) is 9.52 Å². The molecule has 0 aliphatic rings. The molecule has 0 aliphatic heterocycles. The van der Waals surface area contributed by atoms with Crippen molar-refractivity contribution in [3.8, 4) is 0 Å². The predicted molar refractivity (Wildman–Crippen MR) is 66.6 cm³/mol. The van der Waals surface area contributed by atoms with Crippen molar-refractivity contribution < 1.29 is 14.3 Å². The number of rotatable bonds is 6. The van der Waals surface area contributed by atoms with Crippen LogP contribution in [0, 0.1) is 0 Å². The molecule has 0 bridgehead atoms. The van der Waals surface area contributed by atoms with Crippen LogP contribution >= 0.6 is 0 Å². The molecule has 1 aromatic heterocycles. The average Bonchev–Trinajstić information content (AvgIpc) is 2.67. The maximum atomic E-state index is 11.0. The first-order valence-corrected chi connectivity index (χ1v) is 5.99. The summed E-state index contributed by atoms with van der Waals surface area (Å²) in [7, 11) is 0. The maximum absolute atomic E-state index is 11.0. The number of fused-ring (bicyclic) bond motifs is 1. The van der Waals surface area contributed by atoms with Crippen molar-refractivity contribution in [2.75, 3.05) is 0 Å². The van der Waals surface area contributed by atoms with E-state index in [1.54, 1.807) is 0 Å². The first-order chi connectivity index (χ1) is 8.65. The topological polar surface area (TPSA) is 83.3 Å². The van der Waals surface area contributed by atoms with E-state index in [-0.39, 0.29) is 6.42 Å². The van der Waals surface area contributed by atoms with Crippen LogP contribution < -0.4 is 5.76 Å². The summed E-state index contributed by atoms with van der Waals surface area (Å²) in [5.41, 5.74) is 2.37. The molecule has 1 heterocycles. The van der Waals surface area contributed by atoms with Gasteiger partial charge in [-0.25, -0.2) is 4.79 Å². The highest BCUT2D eigenvalue weighted by Gasteiger charge is 2.02. The number of aryl methyl sites for hydroxylation is 1. The average molecular weight is 249 g/mol. The second-order valence-electron chi connectivity index (χ2n) is 4.30. The summed E-state index contributed by atoms with van der Waals surface area (Å²) in [4.78, 5) is 23.9. The summed E-state index contributed by atoms with van der Waals surface area (Å²) >= 11 is 0. The van der Waals surface area contributed by atoms with Gasteiger partial charge in [-0.1, -0.05) is 12.5 Å². The third-order valence-corrected chi connectivity index (χ3v) is 2.84. The molecular formula is C13H15NO4. The molecule has 0 aliphatic carbocycles. The van der Waals surface area contributed by atoms with E-state index in [1.807, 2.05) is 18.2 Å². The number of aromatic amines is 1. The van der Waals surface area contributed by atoms with E-state index in [2.05, 4.69) is 4.98 Å². The zero-order valence-corrected chi connectivity index (χ0v) is 9.94. The number of carboxylic acid groups (broad SMARTS) is 1. The molecule has 2 aromatic rings. The summed E-state index contributed by atoms with van der Waals surface area (Å²) in [6.07, 6.45) is 3.63. The molecule has 1 aromatic carbocycles. The van der Waals surface area contributed by atoms with Crippen LogP contribution in [0.1, 0.15) is 31.2 Å². The Bertz CT molecular complexity index is 596. The highest BCUT2D eigenvalue weighted by molar-refractivity contribution is 5.72. The molecule has 0 fully saturated rings. The van der Waals surface area contributed by atoms with Gasteiger partial charge in [-0.05, 0) is 37.0 Å². The molecule has 5 nitrogen and oxygen atoms in total. The van der Waals surface area contributed by atoms with Crippen molar-refractivity contribution >= 4 is 17.1 Å². The molecule has 0 amide bonds. The Morgan fingerprint density at radius 1 is 1.28 bits per heavy atom. The van der Waals surface area contributed by atoms with Crippen molar-refractivity contribution in [1.29, 1.82) is 0 Å². The lowest BCUT2D eigenvalue weighted by Crippen LogP contribution is -1.94. The standard InChI is InChI=1S/C13H15NO4/c15-12(16)5-3-1-2-4-9-6-7-10-11(8-9)18-13(17)14-10/h6-8H,1-5H2,(H,14,17)(H,15,16). The summed E-state index contributed by atoms with van der Waals surface area (Å²) in [5.74, 6) is -1.19. The molecule has 96 valence electrons. The molecule has 0 saturated heterocycles. The maximum Gasteiger partial charge on any atom is 0.417 e. The van der Waals surface area contributed by atoms with Gasteiger partial charge in [-0.3, -0.25) is 9.78 Å². The van der Waals surface area contributed by atoms with Gasteiger partial charge in [0.15, 0.2) is 5.58 Å². The molecule has 5 heteroatoms. The number of hydrogen-bond acceptors (Lipinski definition) is 3. The van der Waals surface area contributed by atoms with Gasteiger partial charge in [0.05, 0.1) is 5.52 Å². The van der Waals surface area contributed by atoms with Crippen LogP contribution in [-0.2, 0) is 11.2 Å². The lowest BCUT2D eigenvalue weighted by atomic mass is 10.1. The van der Waals surface area contributed by atoms with E-state index >= 15 is 0 Å². The Hall–Kier alpha value is -2.04. The van der Waals surface area contributed by atoms with E-state index < -0.39 is 11.7 Å². The Balaban J connectivity index is 1.87. The quantitative estimate of drug-likeness (QED) is 0.769. The Labute approximate surface area is 103 Å². The van der Waals surface area contributed by atoms with Crippen molar-refractivity contribution in [2.45, 2.75) is 32.1 Å². The van der Waals surface area contributed by atoms with Crippen LogP contribution in [0.5, 0.6) is 0 Å². The van der Waals surface area contributed by atoms with Crippen LogP contribution in [0.25, 0.3) is 11.1 Å². The zero-order valence-electron chi connectivity index (χ0n) is 9.94. The molecule has 2 N–H and O–H groups in total. The van der Waals surface area contributed by atoms with Gasteiger partial charge >= 0.3 is 11.7 Å². The SMILES string of the molecule is O=C(O)CCCCCc1ccc2[nH]c(=O)oc2c1. The van der Waals surface area contributed by atoms with Crippen LogP contribution in [0.2, 0.25) is 0 Å². The summed E-state index contributed by atoms with van der Waals surface area (Å²) in [6, 6.07) is 5.63. The van der Waals surface area contributed by atoms with Gasteiger partial charge < -0.3 is 9.52 Å². The summed E-state index contributed by atoms with van der Waals surface area (Å²) < 4.78 is 4.98. The fraction of sp³-hybridized carbons (Fsp3) is 0.385. The third-order valence-electron chi connectivity index (χ3n) is 2.84. The fourth-order valence-corrected chi connectivity index (χ4v) is 1.93. The van der Waals surface area contributed by atoms with Crippen LogP contribution in [-0.4, -0.2) is 16.1 Å². The van der Waals surface area contributed by atoms with E-state index in [0.717, 1.165) is 24.8 Å². The molecule has 18 heavy (non-hydrogen) atoms. The number of aliphatic carboxylic acids is 1. The van der Waals surface area contributed by atoms with Gasteiger partial charge in [0.1, 0.15) is 0 Å². The number of hydrogen-bond donors (Lipinski definition) is 2. The highest BCUT2D eigenvalue weighted by Crippen LogP contribution is 2.14. The van der Waals surface area contributed by atoms with Crippen molar-refractivity contribution in [3.63, 3.8) is 0 Å². The summed E-state index contributed by atoms with van der Waals surface area (Å²) in [6.45, 7) is 0. The third kappa shape index (κ3) is 3.23. The first-order valence-electron chi connectivity index (χ1n) is 5.99. The van der Waals surface area contributed by atoms with Crippen LogP contribution in [0.3, 0.4) is 0 Å². The monoisotopic (exact) mass is 249 g/mol. The van der Waals surface area contributed by atoms with Crippen LogP contribution in [0.4, 0.5) is 0 Å². The molecule has 0 radical (unpaired) electrons. The van der Waals surface area contributed by atoms with Gasteiger partial charge in [0.25, 0.3) is 0 Å². The number of carbonyl (C=O) groups is 1. The van der Waals surface area contributed by atoms with Crippen molar-refractivity contribution in [3.05, 3.63) is 34.3 Å². The molecule has 0 atom stereocenters. The molecule has 0 spiro atoms. The second-order valence-corrected chi connectivity index (χ2v) is 4.30. The van der Waals surface area contributed by atoms with Gasteiger partial charge in [-0.15, -0.1) is 0 Å². The van der Waals surface area contributed by atoms with Crippen LogP contribution in [0.15, 0.2) is 27.4 Å². The first kappa shape index (κ1) is 12.4. The minimum absolute atomic E-state index is 0.228. The summed E-state index contributed by atoms with van der Waals surface area (Å²) in [5, 5.41) is 8.51.